The molecule has 192 valence electrons. The topological polar surface area (TPSA) is 96.0 Å². The number of nitrogens with zero attached hydrogens (tertiary/aromatic N) is 2. The number of nitrogens with one attached hydrogen (secondary N) is 1. The van der Waals surface area contributed by atoms with Gasteiger partial charge in [0, 0.05) is 44.0 Å². The predicted octanol–water partition coefficient (Wildman–Crippen LogP) is 3.18. The molecule has 0 atom stereocenters. The first kappa shape index (κ1) is 24.9. The number of halogens is 1. The number of ketones is 1. The van der Waals surface area contributed by atoms with Gasteiger partial charge in [-0.3, -0.25) is 9.69 Å². The van der Waals surface area contributed by atoms with Gasteiger partial charge in [0.25, 0.3) is 0 Å². The molecule has 1 spiro atoms. The summed E-state index contributed by atoms with van der Waals surface area (Å²) in [5.41, 5.74) is 0.859. The van der Waals surface area contributed by atoms with E-state index in [0.29, 0.717) is 31.5 Å². The van der Waals surface area contributed by atoms with Gasteiger partial charge in [-0.1, -0.05) is 12.1 Å². The summed E-state index contributed by atoms with van der Waals surface area (Å²) in [7, 11) is -3.70. The van der Waals surface area contributed by atoms with Crippen LogP contribution in [0.25, 0.3) is 0 Å². The summed E-state index contributed by atoms with van der Waals surface area (Å²) in [6.07, 6.45) is 2.09. The van der Waals surface area contributed by atoms with Crippen molar-refractivity contribution in [1.29, 1.82) is 0 Å². The lowest BCUT2D eigenvalue weighted by Gasteiger charge is -2.31. The monoisotopic (exact) mass is 515 g/mol. The Balaban J connectivity index is 1.18. The number of piperidine rings is 2. The van der Waals surface area contributed by atoms with E-state index in [0.717, 1.165) is 31.5 Å². The molecule has 3 aliphatic rings. The van der Waals surface area contributed by atoms with E-state index in [9.17, 15) is 22.4 Å². The largest absolute Gasteiger partial charge is 0.441 e. The van der Waals surface area contributed by atoms with E-state index in [-0.39, 0.29) is 35.8 Å². The van der Waals surface area contributed by atoms with Crippen LogP contribution in [0.3, 0.4) is 0 Å². The Hall–Kier alpha value is -2.82. The third-order valence-corrected chi connectivity index (χ3v) is 9.36. The molecule has 10 heteroatoms. The summed E-state index contributed by atoms with van der Waals surface area (Å²) >= 11 is 0. The Morgan fingerprint density at radius 1 is 1.03 bits per heavy atom. The molecule has 36 heavy (non-hydrogen) atoms. The van der Waals surface area contributed by atoms with Crippen molar-refractivity contribution >= 4 is 21.9 Å². The third kappa shape index (κ3) is 5.02. The number of hydrogen-bond donors (Lipinski definition) is 1. The van der Waals surface area contributed by atoms with Crippen LogP contribution in [-0.4, -0.2) is 67.8 Å². The zero-order valence-electron chi connectivity index (χ0n) is 20.0. The van der Waals surface area contributed by atoms with Gasteiger partial charge >= 0.3 is 6.09 Å². The van der Waals surface area contributed by atoms with Crippen LogP contribution in [0.4, 0.5) is 9.18 Å². The highest BCUT2D eigenvalue weighted by molar-refractivity contribution is 7.89. The normalized spacial score (nSPS) is 21.0. The van der Waals surface area contributed by atoms with Gasteiger partial charge in [0.05, 0.1) is 11.4 Å². The van der Waals surface area contributed by atoms with Crippen molar-refractivity contribution < 1.29 is 27.1 Å². The van der Waals surface area contributed by atoms with Crippen molar-refractivity contribution in [2.24, 2.45) is 5.92 Å². The minimum absolute atomic E-state index is 0.0805. The molecule has 0 bridgehead atoms. The lowest BCUT2D eigenvalue weighted by molar-refractivity contribution is 0.0316. The zero-order chi connectivity index (χ0) is 25.3. The van der Waals surface area contributed by atoms with Crippen molar-refractivity contribution in [1.82, 2.24) is 14.5 Å². The number of rotatable bonds is 6. The van der Waals surface area contributed by atoms with Crippen LogP contribution in [0.1, 0.15) is 41.6 Å². The minimum atomic E-state index is -3.70. The van der Waals surface area contributed by atoms with E-state index >= 15 is 0 Å². The first-order chi connectivity index (χ1) is 17.3. The molecule has 0 unspecified atom stereocenters. The maximum absolute atomic E-state index is 13.2. The van der Waals surface area contributed by atoms with Gasteiger partial charge < -0.3 is 10.1 Å². The second kappa shape index (κ2) is 9.91. The molecule has 3 saturated heterocycles. The average Bonchev–Trinajstić information content (AvgIpc) is 3.18. The number of benzene rings is 2. The summed E-state index contributed by atoms with van der Waals surface area (Å²) in [4.78, 5) is 27.0. The molecule has 1 N–H and O–H groups in total. The molecule has 3 heterocycles. The number of Topliss-reactive ketones (excluding diaryl/α,β-unsaturated/α-hetero) is 1. The summed E-state index contributed by atoms with van der Waals surface area (Å²) in [6.45, 7) is 3.05. The van der Waals surface area contributed by atoms with E-state index in [1.54, 1.807) is 29.2 Å². The van der Waals surface area contributed by atoms with E-state index < -0.39 is 21.4 Å². The van der Waals surface area contributed by atoms with Gasteiger partial charge in [0.2, 0.25) is 10.0 Å². The van der Waals surface area contributed by atoms with Crippen LogP contribution in [0, 0.1) is 11.7 Å². The molecule has 2 aromatic rings. The number of amides is 1. The highest BCUT2D eigenvalue weighted by Gasteiger charge is 2.45. The minimum Gasteiger partial charge on any atom is -0.441 e. The quantitative estimate of drug-likeness (QED) is 0.594. The summed E-state index contributed by atoms with van der Waals surface area (Å²) in [6, 6.07) is 12.1. The molecular formula is C26H30FN3O5S. The predicted molar refractivity (Wildman–Crippen MR) is 130 cm³/mol. The smallest absolute Gasteiger partial charge is 0.410 e. The lowest BCUT2D eigenvalue weighted by Crippen LogP contribution is -2.44. The van der Waals surface area contributed by atoms with Crippen LogP contribution in [-0.2, 0) is 21.3 Å². The van der Waals surface area contributed by atoms with Crippen molar-refractivity contribution in [3.63, 3.8) is 0 Å². The third-order valence-electron chi connectivity index (χ3n) is 7.44. The highest BCUT2D eigenvalue weighted by atomic mass is 32.2. The highest BCUT2D eigenvalue weighted by Crippen LogP contribution is 2.32. The van der Waals surface area contributed by atoms with Crippen LogP contribution < -0.4 is 5.32 Å². The summed E-state index contributed by atoms with van der Waals surface area (Å²) in [5, 5.41) is 3.28. The Labute approximate surface area is 210 Å². The molecule has 2 aromatic carbocycles. The van der Waals surface area contributed by atoms with Gasteiger partial charge in [-0.2, -0.15) is 4.31 Å². The Kier molecular flexibility index (Phi) is 6.84. The molecule has 0 saturated carbocycles. The molecule has 0 radical (unpaired) electrons. The first-order valence-electron chi connectivity index (χ1n) is 12.3. The standard InChI is InChI=1S/C26H30FN3O5S/c27-22-5-3-20(4-6-22)24(31)21-9-15-30(16-10-21)36(33,34)23-7-1-19(2-8-23)17-29-18-26(35-25(29)32)11-13-28-14-12-26/h1-8,21,28H,9-18H2. The fourth-order valence-corrected chi connectivity index (χ4v) is 6.77. The molecule has 0 aliphatic carbocycles. The maximum atomic E-state index is 13.2. The molecule has 0 aromatic heterocycles. The van der Waals surface area contributed by atoms with Gasteiger partial charge in [-0.05, 0) is 67.9 Å². The Morgan fingerprint density at radius 3 is 2.31 bits per heavy atom. The van der Waals surface area contributed by atoms with Crippen LogP contribution in [0.5, 0.6) is 0 Å². The number of hydrogen-bond acceptors (Lipinski definition) is 6. The van der Waals surface area contributed by atoms with Crippen molar-refractivity contribution in [3.8, 4) is 0 Å². The van der Waals surface area contributed by atoms with Gasteiger partial charge in [-0.15, -0.1) is 0 Å². The Bertz CT molecular complexity index is 1220. The molecule has 8 nitrogen and oxygen atoms in total. The molecule has 3 aliphatic heterocycles. The van der Waals surface area contributed by atoms with Crippen LogP contribution >= 0.6 is 0 Å². The second-order valence-corrected chi connectivity index (χ2v) is 11.8. The average molecular weight is 516 g/mol. The van der Waals surface area contributed by atoms with Gasteiger partial charge in [0.1, 0.15) is 11.4 Å². The fraction of sp³-hybridized carbons (Fsp3) is 0.462. The molecule has 5 rings (SSSR count). The van der Waals surface area contributed by atoms with Crippen LogP contribution in [0.2, 0.25) is 0 Å². The molecule has 1 amide bonds. The zero-order valence-corrected chi connectivity index (χ0v) is 20.8. The number of sulfonamides is 1. The number of carbonyl (C=O) groups excluding carboxylic acids is 2. The maximum Gasteiger partial charge on any atom is 0.410 e. The first-order valence-corrected chi connectivity index (χ1v) is 13.8. The van der Waals surface area contributed by atoms with E-state index in [1.807, 2.05) is 0 Å². The van der Waals surface area contributed by atoms with Crippen molar-refractivity contribution in [3.05, 3.63) is 65.5 Å². The Morgan fingerprint density at radius 2 is 1.67 bits per heavy atom. The van der Waals surface area contributed by atoms with Crippen LogP contribution in [0.15, 0.2) is 53.4 Å². The lowest BCUT2D eigenvalue weighted by atomic mass is 9.90. The van der Waals surface area contributed by atoms with Gasteiger partial charge in [-0.25, -0.2) is 17.6 Å². The second-order valence-electron chi connectivity index (χ2n) is 9.85. The fourth-order valence-electron chi connectivity index (χ4n) is 5.30. The van der Waals surface area contributed by atoms with E-state index in [2.05, 4.69) is 5.32 Å². The van der Waals surface area contributed by atoms with Gasteiger partial charge in [0.15, 0.2) is 5.78 Å². The van der Waals surface area contributed by atoms with E-state index in [1.165, 1.54) is 28.6 Å². The molecular weight excluding hydrogens is 485 g/mol. The summed E-state index contributed by atoms with van der Waals surface area (Å²) in [5.74, 6) is -0.764. The SMILES string of the molecule is O=C(c1ccc(F)cc1)C1CCN(S(=O)(=O)c2ccc(CN3CC4(CCNCC4)OC3=O)cc2)CC1. The van der Waals surface area contributed by atoms with E-state index in [4.69, 9.17) is 4.74 Å². The van der Waals surface area contributed by atoms with Crippen molar-refractivity contribution in [2.45, 2.75) is 42.7 Å². The molecule has 3 fully saturated rings. The number of carbonyl (C=O) groups is 2. The summed E-state index contributed by atoms with van der Waals surface area (Å²) < 4.78 is 46.6. The van der Waals surface area contributed by atoms with Crippen molar-refractivity contribution in [2.75, 3.05) is 32.7 Å². The number of ether oxygens (including phenoxy) is 1.